The van der Waals surface area contributed by atoms with Gasteiger partial charge in [0, 0.05) is 11.6 Å². The fraction of sp³-hybridized carbons (Fsp3) is 0.308. The van der Waals surface area contributed by atoms with Crippen LogP contribution in [0.1, 0.15) is 17.3 Å². The molecule has 0 saturated carbocycles. The van der Waals surface area contributed by atoms with Crippen LogP contribution in [0.5, 0.6) is 0 Å². The SMILES string of the molecule is C#CCNS(=O)(=O)c1cccc(C(=O)NC(C)CO)c1. The van der Waals surface area contributed by atoms with Crippen molar-refractivity contribution in [2.45, 2.75) is 17.9 Å². The first kappa shape index (κ1) is 16.2. The van der Waals surface area contributed by atoms with E-state index in [2.05, 4.69) is 16.0 Å². The molecule has 20 heavy (non-hydrogen) atoms. The normalized spacial score (nSPS) is 12.4. The lowest BCUT2D eigenvalue weighted by Gasteiger charge is -2.11. The van der Waals surface area contributed by atoms with Gasteiger partial charge in [0.2, 0.25) is 10.0 Å². The molecule has 0 fully saturated rings. The Labute approximate surface area is 118 Å². The first-order valence-electron chi connectivity index (χ1n) is 5.85. The highest BCUT2D eigenvalue weighted by atomic mass is 32.2. The number of rotatable bonds is 6. The molecule has 6 nitrogen and oxygen atoms in total. The summed E-state index contributed by atoms with van der Waals surface area (Å²) in [5, 5.41) is 11.4. The Kier molecular flexibility index (Phi) is 5.70. The third-order valence-electron chi connectivity index (χ3n) is 2.42. The largest absolute Gasteiger partial charge is 0.394 e. The number of benzene rings is 1. The molecule has 0 aromatic heterocycles. The van der Waals surface area contributed by atoms with Gasteiger partial charge in [-0.05, 0) is 25.1 Å². The van der Waals surface area contributed by atoms with Crippen LogP contribution >= 0.6 is 0 Å². The molecule has 1 aromatic rings. The van der Waals surface area contributed by atoms with Crippen LogP contribution in [0.4, 0.5) is 0 Å². The van der Waals surface area contributed by atoms with Crippen molar-refractivity contribution >= 4 is 15.9 Å². The van der Waals surface area contributed by atoms with E-state index in [4.69, 9.17) is 11.5 Å². The molecule has 0 spiro atoms. The number of hydrogen-bond acceptors (Lipinski definition) is 4. The fourth-order valence-corrected chi connectivity index (χ4v) is 2.36. The molecule has 3 N–H and O–H groups in total. The minimum Gasteiger partial charge on any atom is -0.394 e. The molecule has 1 atom stereocenters. The molecular formula is C13H16N2O4S. The van der Waals surface area contributed by atoms with Crippen molar-refractivity contribution in [2.24, 2.45) is 0 Å². The molecule has 0 heterocycles. The van der Waals surface area contributed by atoms with Crippen molar-refractivity contribution < 1.29 is 18.3 Å². The Morgan fingerprint density at radius 1 is 1.50 bits per heavy atom. The zero-order valence-corrected chi connectivity index (χ0v) is 11.8. The van der Waals surface area contributed by atoms with E-state index >= 15 is 0 Å². The van der Waals surface area contributed by atoms with Gasteiger partial charge < -0.3 is 10.4 Å². The summed E-state index contributed by atoms with van der Waals surface area (Å²) < 4.78 is 25.9. The van der Waals surface area contributed by atoms with Crippen molar-refractivity contribution in [1.82, 2.24) is 10.0 Å². The first-order valence-corrected chi connectivity index (χ1v) is 7.34. The summed E-state index contributed by atoms with van der Waals surface area (Å²) in [5.41, 5.74) is 0.189. The van der Waals surface area contributed by atoms with Crippen molar-refractivity contribution in [3.05, 3.63) is 29.8 Å². The van der Waals surface area contributed by atoms with E-state index in [1.165, 1.54) is 24.3 Å². The van der Waals surface area contributed by atoms with Gasteiger partial charge in [-0.2, -0.15) is 4.72 Å². The third-order valence-corrected chi connectivity index (χ3v) is 3.82. The Bertz CT molecular complexity index is 620. The van der Waals surface area contributed by atoms with Crippen LogP contribution in [-0.2, 0) is 10.0 Å². The van der Waals surface area contributed by atoms with E-state index in [-0.39, 0.29) is 23.6 Å². The van der Waals surface area contributed by atoms with E-state index in [1.54, 1.807) is 6.92 Å². The maximum atomic E-state index is 11.9. The summed E-state index contributed by atoms with van der Waals surface area (Å²) >= 11 is 0. The van der Waals surface area contributed by atoms with Crippen LogP contribution in [0.3, 0.4) is 0 Å². The quantitative estimate of drug-likeness (QED) is 0.629. The second-order valence-corrected chi connectivity index (χ2v) is 5.88. The number of carbonyl (C=O) groups is 1. The molecule has 0 radical (unpaired) electrons. The second kappa shape index (κ2) is 7.05. The number of hydrogen-bond donors (Lipinski definition) is 3. The van der Waals surface area contributed by atoms with Gasteiger partial charge in [-0.15, -0.1) is 6.42 Å². The van der Waals surface area contributed by atoms with E-state index in [0.717, 1.165) is 0 Å². The van der Waals surface area contributed by atoms with Gasteiger partial charge in [-0.1, -0.05) is 12.0 Å². The summed E-state index contributed by atoms with van der Waals surface area (Å²) in [5.74, 6) is 1.71. The number of terminal acetylenes is 1. The maximum Gasteiger partial charge on any atom is 0.251 e. The summed E-state index contributed by atoms with van der Waals surface area (Å²) in [4.78, 5) is 11.8. The maximum absolute atomic E-state index is 11.9. The van der Waals surface area contributed by atoms with Crippen LogP contribution in [0.2, 0.25) is 0 Å². The molecule has 7 heteroatoms. The number of aliphatic hydroxyl groups excluding tert-OH is 1. The highest BCUT2D eigenvalue weighted by Gasteiger charge is 2.16. The van der Waals surface area contributed by atoms with Crippen LogP contribution in [-0.4, -0.2) is 38.6 Å². The monoisotopic (exact) mass is 296 g/mol. The third kappa shape index (κ3) is 4.35. The van der Waals surface area contributed by atoms with Gasteiger partial charge >= 0.3 is 0 Å². The van der Waals surface area contributed by atoms with Gasteiger partial charge in [0.05, 0.1) is 18.0 Å². The topological polar surface area (TPSA) is 95.5 Å². The lowest BCUT2D eigenvalue weighted by molar-refractivity contribution is 0.0922. The van der Waals surface area contributed by atoms with E-state index in [1.807, 2.05) is 0 Å². The van der Waals surface area contributed by atoms with Gasteiger partial charge in [0.1, 0.15) is 0 Å². The van der Waals surface area contributed by atoms with Crippen molar-refractivity contribution in [2.75, 3.05) is 13.2 Å². The molecule has 1 amide bonds. The van der Waals surface area contributed by atoms with Crippen molar-refractivity contribution in [1.29, 1.82) is 0 Å². The van der Waals surface area contributed by atoms with Crippen LogP contribution in [0.15, 0.2) is 29.2 Å². The molecule has 0 aliphatic carbocycles. The number of amides is 1. The highest BCUT2D eigenvalue weighted by Crippen LogP contribution is 2.11. The average Bonchev–Trinajstić information content (AvgIpc) is 2.45. The van der Waals surface area contributed by atoms with E-state index < -0.39 is 22.0 Å². The zero-order chi connectivity index (χ0) is 15.2. The zero-order valence-electron chi connectivity index (χ0n) is 11.0. The Morgan fingerprint density at radius 2 is 2.20 bits per heavy atom. The molecule has 1 aromatic carbocycles. The van der Waals surface area contributed by atoms with Crippen LogP contribution < -0.4 is 10.0 Å². The van der Waals surface area contributed by atoms with Crippen molar-refractivity contribution in [3.8, 4) is 12.3 Å². The standard InChI is InChI=1S/C13H16N2O4S/c1-3-7-14-20(18,19)12-6-4-5-11(8-12)13(17)15-10(2)9-16/h1,4-6,8,10,14,16H,7,9H2,2H3,(H,15,17). The number of nitrogens with one attached hydrogen (secondary N) is 2. The van der Waals surface area contributed by atoms with E-state index in [0.29, 0.717) is 0 Å². The molecular weight excluding hydrogens is 280 g/mol. The number of aliphatic hydroxyl groups is 1. The Morgan fingerprint density at radius 3 is 2.80 bits per heavy atom. The van der Waals surface area contributed by atoms with E-state index in [9.17, 15) is 13.2 Å². The highest BCUT2D eigenvalue weighted by molar-refractivity contribution is 7.89. The Hall–Kier alpha value is -1.88. The number of sulfonamides is 1. The minimum absolute atomic E-state index is 0.0444. The van der Waals surface area contributed by atoms with Gasteiger partial charge in [0.25, 0.3) is 5.91 Å². The molecule has 0 aliphatic rings. The lowest BCUT2D eigenvalue weighted by Crippen LogP contribution is -2.35. The molecule has 0 aliphatic heterocycles. The molecule has 1 rings (SSSR count). The fourth-order valence-electron chi connectivity index (χ4n) is 1.38. The number of carbonyl (C=O) groups excluding carboxylic acids is 1. The predicted molar refractivity (Wildman–Crippen MR) is 74.5 cm³/mol. The Balaban J connectivity index is 2.97. The summed E-state index contributed by atoms with van der Waals surface area (Å²) in [6.45, 7) is 1.31. The minimum atomic E-state index is -3.73. The summed E-state index contributed by atoms with van der Waals surface area (Å²) in [6.07, 6.45) is 5.00. The summed E-state index contributed by atoms with van der Waals surface area (Å²) in [6, 6.07) is 5.15. The van der Waals surface area contributed by atoms with Gasteiger partial charge in [0.15, 0.2) is 0 Å². The van der Waals surface area contributed by atoms with Gasteiger partial charge in [-0.25, -0.2) is 8.42 Å². The van der Waals surface area contributed by atoms with Crippen molar-refractivity contribution in [3.63, 3.8) is 0 Å². The molecule has 1 unspecified atom stereocenters. The molecule has 0 saturated heterocycles. The molecule has 108 valence electrons. The predicted octanol–water partition coefficient (Wildman–Crippen LogP) is -0.291. The van der Waals surface area contributed by atoms with Crippen LogP contribution in [0, 0.1) is 12.3 Å². The van der Waals surface area contributed by atoms with Gasteiger partial charge in [-0.3, -0.25) is 4.79 Å². The smallest absolute Gasteiger partial charge is 0.251 e. The summed E-state index contributed by atoms with van der Waals surface area (Å²) in [7, 11) is -3.73. The average molecular weight is 296 g/mol. The second-order valence-electron chi connectivity index (χ2n) is 4.11. The molecule has 0 bridgehead atoms. The lowest BCUT2D eigenvalue weighted by atomic mass is 10.2. The van der Waals surface area contributed by atoms with Crippen LogP contribution in [0.25, 0.3) is 0 Å². The first-order chi connectivity index (χ1) is 9.40.